The SMILES string of the molecule is Cc1cc(F)cc(C)c1Oc1c(-c2cn(C)c(=O)c3[nH]c(C(=O)NC4CN(C)C4)cc23)ccn(C)c1=O. The van der Waals surface area contributed by atoms with Gasteiger partial charge in [-0.15, -0.1) is 0 Å². The van der Waals surface area contributed by atoms with E-state index in [4.69, 9.17) is 4.74 Å². The number of pyridine rings is 2. The maximum Gasteiger partial charge on any atom is 0.293 e. The van der Waals surface area contributed by atoms with E-state index in [1.165, 1.54) is 21.3 Å². The monoisotopic (exact) mass is 505 g/mol. The average Bonchev–Trinajstić information content (AvgIpc) is 3.26. The fraction of sp³-hybridized carbons (Fsp3) is 0.296. The molecule has 0 aliphatic carbocycles. The van der Waals surface area contributed by atoms with Gasteiger partial charge in [0.2, 0.25) is 0 Å². The molecule has 0 unspecified atom stereocenters. The van der Waals surface area contributed by atoms with Crippen LogP contribution in [0.3, 0.4) is 0 Å². The number of hydrogen-bond acceptors (Lipinski definition) is 5. The minimum absolute atomic E-state index is 0.0347. The van der Waals surface area contributed by atoms with Crippen LogP contribution in [0.4, 0.5) is 4.39 Å². The zero-order valence-electron chi connectivity index (χ0n) is 21.3. The molecule has 1 amide bonds. The molecule has 37 heavy (non-hydrogen) atoms. The number of benzene rings is 1. The highest BCUT2D eigenvalue weighted by atomic mass is 19.1. The number of aryl methyl sites for hydroxylation is 4. The summed E-state index contributed by atoms with van der Waals surface area (Å²) in [5, 5.41) is 3.46. The highest BCUT2D eigenvalue weighted by Crippen LogP contribution is 2.36. The van der Waals surface area contributed by atoms with Gasteiger partial charge in [0.05, 0.1) is 6.04 Å². The Labute approximate surface area is 212 Å². The number of H-pyrrole nitrogens is 1. The molecule has 4 heterocycles. The molecule has 192 valence electrons. The molecule has 1 aromatic carbocycles. The van der Waals surface area contributed by atoms with Gasteiger partial charge >= 0.3 is 0 Å². The van der Waals surface area contributed by atoms with Gasteiger partial charge < -0.3 is 29.1 Å². The number of likely N-dealkylation sites (N-methyl/N-ethyl adjacent to an activating group) is 1. The third-order valence-corrected chi connectivity index (χ3v) is 6.75. The number of nitrogens with one attached hydrogen (secondary N) is 2. The van der Waals surface area contributed by atoms with Crippen molar-refractivity contribution in [1.29, 1.82) is 0 Å². The maximum absolute atomic E-state index is 13.9. The summed E-state index contributed by atoms with van der Waals surface area (Å²) in [5.74, 6) is -0.283. The van der Waals surface area contributed by atoms with E-state index in [1.54, 1.807) is 52.5 Å². The molecule has 0 spiro atoms. The molecule has 0 atom stereocenters. The summed E-state index contributed by atoms with van der Waals surface area (Å²) in [4.78, 5) is 44.2. The topological polar surface area (TPSA) is 101 Å². The minimum Gasteiger partial charge on any atom is -0.450 e. The first-order chi connectivity index (χ1) is 17.5. The van der Waals surface area contributed by atoms with Crippen LogP contribution >= 0.6 is 0 Å². The van der Waals surface area contributed by atoms with Crippen LogP contribution in [0.15, 0.2) is 46.2 Å². The number of rotatable bonds is 5. The maximum atomic E-state index is 13.9. The second-order valence-corrected chi connectivity index (χ2v) is 9.77. The number of likely N-dealkylation sites (tertiary alicyclic amines) is 1. The molecular weight excluding hydrogens is 477 g/mol. The Bertz CT molecular complexity index is 1650. The smallest absolute Gasteiger partial charge is 0.293 e. The number of aromatic amines is 1. The second kappa shape index (κ2) is 9.04. The van der Waals surface area contributed by atoms with Crippen LogP contribution in [0, 0.1) is 19.7 Å². The molecule has 5 rings (SSSR count). The summed E-state index contributed by atoms with van der Waals surface area (Å²) in [6.07, 6.45) is 3.23. The van der Waals surface area contributed by atoms with Crippen LogP contribution in [0.5, 0.6) is 11.5 Å². The van der Waals surface area contributed by atoms with Gasteiger partial charge in [-0.2, -0.15) is 0 Å². The summed E-state index contributed by atoms with van der Waals surface area (Å²) < 4.78 is 22.8. The predicted molar refractivity (Wildman–Crippen MR) is 139 cm³/mol. The van der Waals surface area contributed by atoms with Crippen molar-refractivity contribution in [1.82, 2.24) is 24.3 Å². The van der Waals surface area contributed by atoms with E-state index in [-0.39, 0.29) is 34.5 Å². The van der Waals surface area contributed by atoms with Crippen molar-refractivity contribution in [2.45, 2.75) is 19.9 Å². The highest BCUT2D eigenvalue weighted by Gasteiger charge is 2.27. The van der Waals surface area contributed by atoms with Gasteiger partial charge in [-0.1, -0.05) is 0 Å². The zero-order valence-corrected chi connectivity index (χ0v) is 21.3. The van der Waals surface area contributed by atoms with E-state index < -0.39 is 11.4 Å². The van der Waals surface area contributed by atoms with Crippen LogP contribution in [0.1, 0.15) is 21.6 Å². The fourth-order valence-electron chi connectivity index (χ4n) is 4.80. The molecule has 2 N–H and O–H groups in total. The van der Waals surface area contributed by atoms with E-state index in [1.807, 2.05) is 7.05 Å². The summed E-state index contributed by atoms with van der Waals surface area (Å²) >= 11 is 0. The van der Waals surface area contributed by atoms with Crippen molar-refractivity contribution in [2.75, 3.05) is 20.1 Å². The van der Waals surface area contributed by atoms with Gasteiger partial charge in [-0.25, -0.2) is 4.39 Å². The Morgan fingerprint density at radius 3 is 2.32 bits per heavy atom. The molecule has 9 nitrogen and oxygen atoms in total. The van der Waals surface area contributed by atoms with Gasteiger partial charge in [-0.05, 0) is 56.3 Å². The van der Waals surface area contributed by atoms with Crippen molar-refractivity contribution < 1.29 is 13.9 Å². The standard InChI is InChI=1S/C27H28FN5O4/c1-14-8-16(28)9-15(2)23(14)37-24-18(6-7-32(4)27(24)36)20-13-33(5)26(35)22-19(20)10-21(30-22)25(34)29-17-11-31(3)12-17/h6-10,13,17,30H,11-12H2,1-5H3,(H,29,34). The molecule has 1 saturated heterocycles. The number of fused-ring (bicyclic) bond motifs is 1. The Morgan fingerprint density at radius 2 is 1.68 bits per heavy atom. The number of ether oxygens (including phenoxy) is 1. The average molecular weight is 506 g/mol. The van der Waals surface area contributed by atoms with E-state index in [2.05, 4.69) is 15.2 Å². The highest BCUT2D eigenvalue weighted by molar-refractivity contribution is 6.03. The molecule has 3 aromatic heterocycles. The summed E-state index contributed by atoms with van der Waals surface area (Å²) in [7, 11) is 5.18. The summed E-state index contributed by atoms with van der Waals surface area (Å²) in [5.41, 5.74) is 1.87. The van der Waals surface area contributed by atoms with Crippen LogP contribution in [-0.2, 0) is 14.1 Å². The molecule has 0 bridgehead atoms. The van der Waals surface area contributed by atoms with Crippen molar-refractivity contribution >= 4 is 16.8 Å². The lowest BCUT2D eigenvalue weighted by Gasteiger charge is -2.36. The van der Waals surface area contributed by atoms with Gasteiger partial charge in [0, 0.05) is 56.1 Å². The van der Waals surface area contributed by atoms with E-state index in [9.17, 15) is 18.8 Å². The van der Waals surface area contributed by atoms with E-state index in [0.717, 1.165) is 13.1 Å². The number of halogens is 1. The lowest BCUT2D eigenvalue weighted by Crippen LogP contribution is -2.57. The zero-order chi connectivity index (χ0) is 26.6. The summed E-state index contributed by atoms with van der Waals surface area (Å²) in [6, 6.07) is 6.08. The largest absolute Gasteiger partial charge is 0.450 e. The minimum atomic E-state index is -0.398. The van der Waals surface area contributed by atoms with Crippen molar-refractivity contribution in [3.8, 4) is 22.6 Å². The number of aromatic nitrogens is 3. The second-order valence-electron chi connectivity index (χ2n) is 9.77. The fourth-order valence-corrected chi connectivity index (χ4v) is 4.80. The van der Waals surface area contributed by atoms with Gasteiger partial charge in [0.15, 0.2) is 5.75 Å². The molecule has 1 aliphatic rings. The molecule has 1 aliphatic heterocycles. The van der Waals surface area contributed by atoms with Gasteiger partial charge in [0.1, 0.15) is 22.8 Å². The number of nitrogens with zero attached hydrogens (tertiary/aromatic N) is 3. The van der Waals surface area contributed by atoms with Crippen LogP contribution in [0.25, 0.3) is 22.0 Å². The lowest BCUT2D eigenvalue weighted by atomic mass is 10.0. The van der Waals surface area contributed by atoms with Crippen LogP contribution in [-0.4, -0.2) is 51.1 Å². The Balaban J connectivity index is 1.66. The molecule has 0 radical (unpaired) electrons. The predicted octanol–water partition coefficient (Wildman–Crippen LogP) is 2.82. The summed E-state index contributed by atoms with van der Waals surface area (Å²) in [6.45, 7) is 4.93. The van der Waals surface area contributed by atoms with Crippen molar-refractivity contribution in [3.05, 3.63) is 80.0 Å². The Kier molecular flexibility index (Phi) is 5.99. The van der Waals surface area contributed by atoms with Gasteiger partial charge in [0.25, 0.3) is 17.0 Å². The lowest BCUT2D eigenvalue weighted by molar-refractivity contribution is 0.0853. The van der Waals surface area contributed by atoms with Crippen LogP contribution < -0.4 is 21.2 Å². The normalized spacial score (nSPS) is 14.1. The van der Waals surface area contributed by atoms with Gasteiger partial charge in [-0.3, -0.25) is 14.4 Å². The van der Waals surface area contributed by atoms with E-state index in [0.29, 0.717) is 33.4 Å². The third kappa shape index (κ3) is 4.33. The number of carbonyl (C=O) groups is 1. The third-order valence-electron chi connectivity index (χ3n) is 6.75. The van der Waals surface area contributed by atoms with E-state index >= 15 is 0 Å². The number of amides is 1. The number of hydrogen-bond donors (Lipinski definition) is 2. The molecule has 10 heteroatoms. The molecule has 1 fully saturated rings. The van der Waals surface area contributed by atoms with Crippen molar-refractivity contribution in [3.63, 3.8) is 0 Å². The quantitative estimate of drug-likeness (QED) is 0.435. The molecular formula is C27H28FN5O4. The van der Waals surface area contributed by atoms with Crippen molar-refractivity contribution in [2.24, 2.45) is 14.1 Å². The van der Waals surface area contributed by atoms with Crippen LogP contribution in [0.2, 0.25) is 0 Å². The number of carbonyl (C=O) groups excluding carboxylic acids is 1. The Morgan fingerprint density at radius 1 is 1.00 bits per heavy atom. The molecule has 0 saturated carbocycles. The molecule has 4 aromatic rings. The first-order valence-electron chi connectivity index (χ1n) is 11.9. The Hall–Kier alpha value is -4.18. The first-order valence-corrected chi connectivity index (χ1v) is 11.9. The first kappa shape index (κ1) is 24.5.